The van der Waals surface area contributed by atoms with Gasteiger partial charge in [-0.05, 0) is 20.8 Å². The summed E-state index contributed by atoms with van der Waals surface area (Å²) in [5.41, 5.74) is 5.35. The molecular formula is C8H20N2O. The third-order valence-electron chi connectivity index (χ3n) is 1.78. The molecule has 0 heterocycles. The maximum Gasteiger partial charge on any atom is 0.0746 e. The Morgan fingerprint density at radius 3 is 2.45 bits per heavy atom. The second-order valence-corrected chi connectivity index (χ2v) is 3.48. The van der Waals surface area contributed by atoms with Crippen LogP contribution in [0.5, 0.6) is 0 Å². The minimum atomic E-state index is -0.0938. The van der Waals surface area contributed by atoms with Gasteiger partial charge in [0, 0.05) is 26.2 Å². The first-order valence-corrected chi connectivity index (χ1v) is 4.00. The van der Waals surface area contributed by atoms with E-state index in [1.165, 1.54) is 0 Å². The van der Waals surface area contributed by atoms with Gasteiger partial charge in [-0.1, -0.05) is 0 Å². The molecule has 0 saturated carbocycles. The van der Waals surface area contributed by atoms with E-state index in [1.54, 1.807) is 7.11 Å². The highest BCUT2D eigenvalue weighted by Crippen LogP contribution is 2.04. The molecule has 0 radical (unpaired) electrons. The van der Waals surface area contributed by atoms with Crippen molar-refractivity contribution in [2.24, 2.45) is 5.73 Å². The molecule has 3 nitrogen and oxygen atoms in total. The van der Waals surface area contributed by atoms with E-state index in [9.17, 15) is 0 Å². The molecule has 0 aliphatic rings. The van der Waals surface area contributed by atoms with Gasteiger partial charge in [-0.2, -0.15) is 0 Å². The van der Waals surface area contributed by atoms with Crippen LogP contribution in [0, 0.1) is 0 Å². The molecule has 11 heavy (non-hydrogen) atoms. The van der Waals surface area contributed by atoms with E-state index < -0.39 is 0 Å². The van der Waals surface area contributed by atoms with Crippen molar-refractivity contribution in [2.45, 2.75) is 32.4 Å². The average molecular weight is 160 g/mol. The predicted octanol–water partition coefficient (Wildman–Crippen LogP) is 0.348. The summed E-state index contributed by atoms with van der Waals surface area (Å²) in [6.07, 6.45) is 0. The molecule has 0 unspecified atom stereocenters. The summed E-state index contributed by atoms with van der Waals surface area (Å²) in [5, 5.41) is 3.27. The second-order valence-electron chi connectivity index (χ2n) is 3.48. The maximum absolute atomic E-state index is 5.44. The smallest absolute Gasteiger partial charge is 0.0746 e. The maximum atomic E-state index is 5.44. The van der Waals surface area contributed by atoms with Crippen LogP contribution < -0.4 is 11.1 Å². The summed E-state index contributed by atoms with van der Waals surface area (Å²) < 4.78 is 5.23. The lowest BCUT2D eigenvalue weighted by Gasteiger charge is -2.25. The number of nitrogens with two attached hydrogens (primary N) is 1. The molecular weight excluding hydrogens is 140 g/mol. The van der Waals surface area contributed by atoms with Crippen LogP contribution in [0.15, 0.2) is 0 Å². The first-order valence-electron chi connectivity index (χ1n) is 4.00. The normalized spacial score (nSPS) is 15.0. The van der Waals surface area contributed by atoms with E-state index in [2.05, 4.69) is 12.2 Å². The van der Waals surface area contributed by atoms with Gasteiger partial charge in [0.15, 0.2) is 0 Å². The van der Waals surface area contributed by atoms with Gasteiger partial charge in [0.1, 0.15) is 0 Å². The lowest BCUT2D eigenvalue weighted by molar-refractivity contribution is 0.0216. The molecule has 1 atom stereocenters. The van der Waals surface area contributed by atoms with Gasteiger partial charge in [0.25, 0.3) is 0 Å². The van der Waals surface area contributed by atoms with Crippen molar-refractivity contribution in [1.82, 2.24) is 5.32 Å². The molecule has 0 bridgehead atoms. The fourth-order valence-corrected chi connectivity index (χ4v) is 0.576. The van der Waals surface area contributed by atoms with Crippen molar-refractivity contribution in [3.8, 4) is 0 Å². The topological polar surface area (TPSA) is 47.3 Å². The van der Waals surface area contributed by atoms with Gasteiger partial charge in [-0.3, -0.25) is 0 Å². The zero-order valence-electron chi connectivity index (χ0n) is 7.98. The second kappa shape index (κ2) is 4.70. The molecule has 0 saturated heterocycles. The predicted molar refractivity (Wildman–Crippen MR) is 47.6 cm³/mol. The Morgan fingerprint density at radius 1 is 1.55 bits per heavy atom. The van der Waals surface area contributed by atoms with Gasteiger partial charge in [0.05, 0.1) is 5.60 Å². The Kier molecular flexibility index (Phi) is 4.65. The molecule has 0 amide bonds. The molecule has 0 spiro atoms. The van der Waals surface area contributed by atoms with Gasteiger partial charge in [0.2, 0.25) is 0 Å². The minimum Gasteiger partial charge on any atom is -0.377 e. The summed E-state index contributed by atoms with van der Waals surface area (Å²) in [4.78, 5) is 0. The summed E-state index contributed by atoms with van der Waals surface area (Å²) in [6, 6.07) is 0.365. The lowest BCUT2D eigenvalue weighted by Crippen LogP contribution is -2.43. The van der Waals surface area contributed by atoms with Crippen LogP contribution >= 0.6 is 0 Å². The van der Waals surface area contributed by atoms with Crippen molar-refractivity contribution < 1.29 is 4.74 Å². The third-order valence-corrected chi connectivity index (χ3v) is 1.78. The molecule has 0 aromatic heterocycles. The highest BCUT2D eigenvalue weighted by Gasteiger charge is 2.16. The van der Waals surface area contributed by atoms with E-state index in [-0.39, 0.29) is 5.60 Å². The highest BCUT2D eigenvalue weighted by molar-refractivity contribution is 4.73. The Morgan fingerprint density at radius 2 is 2.09 bits per heavy atom. The zero-order chi connectivity index (χ0) is 8.91. The van der Waals surface area contributed by atoms with Gasteiger partial charge in [-0.25, -0.2) is 0 Å². The van der Waals surface area contributed by atoms with Gasteiger partial charge >= 0.3 is 0 Å². The Hall–Kier alpha value is -0.120. The van der Waals surface area contributed by atoms with Crippen molar-refractivity contribution >= 4 is 0 Å². The number of hydrogen-bond acceptors (Lipinski definition) is 3. The largest absolute Gasteiger partial charge is 0.377 e. The lowest BCUT2D eigenvalue weighted by atomic mass is 10.1. The van der Waals surface area contributed by atoms with E-state index in [0.29, 0.717) is 12.6 Å². The van der Waals surface area contributed by atoms with Crippen LogP contribution in [0.25, 0.3) is 0 Å². The van der Waals surface area contributed by atoms with Crippen molar-refractivity contribution in [3.63, 3.8) is 0 Å². The van der Waals surface area contributed by atoms with E-state index >= 15 is 0 Å². The number of methoxy groups -OCH3 is 1. The molecule has 3 N–H and O–H groups in total. The fourth-order valence-electron chi connectivity index (χ4n) is 0.576. The van der Waals surface area contributed by atoms with Gasteiger partial charge in [-0.15, -0.1) is 0 Å². The van der Waals surface area contributed by atoms with E-state index in [1.807, 2.05) is 13.8 Å². The summed E-state index contributed by atoms with van der Waals surface area (Å²) in [6.45, 7) is 7.65. The standard InChI is InChI=1S/C8H20N2O/c1-7(5-9)10-6-8(2,3)11-4/h7,10H,5-6,9H2,1-4H3/t7-/m1/s1. The first-order chi connectivity index (χ1) is 5.02. The van der Waals surface area contributed by atoms with Crippen LogP contribution in [-0.2, 0) is 4.74 Å². The van der Waals surface area contributed by atoms with Crippen LogP contribution in [-0.4, -0.2) is 31.8 Å². The summed E-state index contributed by atoms with van der Waals surface area (Å²) in [5.74, 6) is 0. The number of nitrogens with one attached hydrogen (secondary N) is 1. The third kappa shape index (κ3) is 5.18. The molecule has 68 valence electrons. The Bertz CT molecular complexity index is 104. The average Bonchev–Trinajstić information content (AvgIpc) is 2.00. The number of hydrogen-bond donors (Lipinski definition) is 2. The summed E-state index contributed by atoms with van der Waals surface area (Å²) in [7, 11) is 1.72. The molecule has 0 rings (SSSR count). The number of rotatable bonds is 5. The van der Waals surface area contributed by atoms with Crippen LogP contribution in [0.1, 0.15) is 20.8 Å². The molecule has 3 heteroatoms. The first kappa shape index (κ1) is 10.9. The highest BCUT2D eigenvalue weighted by atomic mass is 16.5. The van der Waals surface area contributed by atoms with E-state index in [4.69, 9.17) is 10.5 Å². The molecule has 0 aromatic rings. The Labute approximate surface area is 69.3 Å². The van der Waals surface area contributed by atoms with Crippen LogP contribution in [0.2, 0.25) is 0 Å². The quantitative estimate of drug-likeness (QED) is 0.610. The SMILES string of the molecule is COC(C)(C)CN[C@H](C)CN. The van der Waals surface area contributed by atoms with E-state index in [0.717, 1.165) is 6.54 Å². The van der Waals surface area contributed by atoms with Crippen molar-refractivity contribution in [3.05, 3.63) is 0 Å². The van der Waals surface area contributed by atoms with Crippen molar-refractivity contribution in [2.75, 3.05) is 20.2 Å². The monoisotopic (exact) mass is 160 g/mol. The summed E-state index contributed by atoms with van der Waals surface area (Å²) >= 11 is 0. The molecule has 0 fully saturated rings. The van der Waals surface area contributed by atoms with Gasteiger partial charge < -0.3 is 15.8 Å². The molecule has 0 aliphatic carbocycles. The van der Waals surface area contributed by atoms with Crippen molar-refractivity contribution in [1.29, 1.82) is 0 Å². The molecule has 0 aliphatic heterocycles. The fraction of sp³-hybridized carbons (Fsp3) is 1.00. The molecule has 0 aromatic carbocycles. The van der Waals surface area contributed by atoms with Crippen LogP contribution in [0.3, 0.4) is 0 Å². The van der Waals surface area contributed by atoms with Crippen LogP contribution in [0.4, 0.5) is 0 Å². The Balaban J connectivity index is 3.52. The number of ether oxygens (including phenoxy) is 1. The zero-order valence-corrected chi connectivity index (χ0v) is 7.98. The minimum absolute atomic E-state index is 0.0938.